The van der Waals surface area contributed by atoms with Crippen molar-refractivity contribution in [1.82, 2.24) is 10.6 Å². The first-order valence-corrected chi connectivity index (χ1v) is 8.55. The number of benzene rings is 2. The van der Waals surface area contributed by atoms with Crippen molar-refractivity contribution in [3.63, 3.8) is 0 Å². The number of carbonyl (C=O) groups is 1. The number of amides is 1. The molecule has 1 aromatic heterocycles. The van der Waals surface area contributed by atoms with Gasteiger partial charge >= 0.3 is 0 Å². The van der Waals surface area contributed by atoms with Crippen LogP contribution in [0.3, 0.4) is 0 Å². The van der Waals surface area contributed by atoms with Gasteiger partial charge in [0.2, 0.25) is 0 Å². The number of carbonyl (C=O) groups excluding carboxylic acids is 1. The zero-order valence-electron chi connectivity index (χ0n) is 15.5. The first kappa shape index (κ1) is 17.7. The maximum Gasteiger partial charge on any atom is 0.275 e. The van der Waals surface area contributed by atoms with E-state index in [4.69, 9.17) is 4.52 Å². The van der Waals surface area contributed by atoms with Gasteiger partial charge in [0.1, 0.15) is 17.0 Å². The van der Waals surface area contributed by atoms with E-state index >= 15 is 0 Å². The minimum atomic E-state index is -0.289. The molecule has 0 unspecified atom stereocenters. The monoisotopic (exact) mass is 349 g/mol. The number of hydrogen-bond donors (Lipinski definition) is 2. The summed E-state index contributed by atoms with van der Waals surface area (Å²) in [4.78, 5) is 12.6. The number of aryl methyl sites for hydroxylation is 1. The highest BCUT2D eigenvalue weighted by atomic mass is 16.5. The molecular weight excluding hydrogens is 326 g/mol. The van der Waals surface area contributed by atoms with Gasteiger partial charge in [-0.25, -0.2) is 0 Å². The fraction of sp³-hybridized carbons (Fsp3) is 0.238. The Morgan fingerprint density at radius 3 is 2.27 bits per heavy atom. The fourth-order valence-corrected chi connectivity index (χ4v) is 2.68. The van der Waals surface area contributed by atoms with E-state index in [1.165, 1.54) is 5.56 Å². The Balaban J connectivity index is 1.74. The summed E-state index contributed by atoms with van der Waals surface area (Å²) in [5.41, 5.74) is 9.59. The number of nitrogens with zero attached hydrogens (tertiary/aromatic N) is 1. The summed E-state index contributed by atoms with van der Waals surface area (Å²) in [5.74, 6) is 0.189. The molecular formula is C21H23N3O2. The van der Waals surface area contributed by atoms with Crippen molar-refractivity contribution >= 4 is 11.6 Å². The summed E-state index contributed by atoms with van der Waals surface area (Å²) < 4.78 is 5.24. The molecule has 0 saturated heterocycles. The Kier molecular flexibility index (Phi) is 4.80. The number of rotatable bonds is 4. The van der Waals surface area contributed by atoms with Crippen LogP contribution in [0.4, 0.5) is 5.69 Å². The van der Waals surface area contributed by atoms with Crippen molar-refractivity contribution < 1.29 is 9.32 Å². The van der Waals surface area contributed by atoms with Crippen LogP contribution < -0.4 is 10.9 Å². The predicted molar refractivity (Wildman–Crippen MR) is 103 cm³/mol. The maximum absolute atomic E-state index is 12.6. The van der Waals surface area contributed by atoms with Crippen molar-refractivity contribution in [3.8, 4) is 11.3 Å². The number of anilines is 1. The van der Waals surface area contributed by atoms with E-state index in [1.54, 1.807) is 6.92 Å². The molecule has 5 nitrogen and oxygen atoms in total. The Bertz CT molecular complexity index is 891. The normalized spacial score (nSPS) is 11.2. The molecule has 134 valence electrons. The van der Waals surface area contributed by atoms with Crippen LogP contribution in [0.15, 0.2) is 59.1 Å². The molecule has 3 rings (SSSR count). The Hall–Kier alpha value is -3.08. The smallest absolute Gasteiger partial charge is 0.275 e. The third kappa shape index (κ3) is 3.77. The van der Waals surface area contributed by atoms with E-state index in [1.807, 2.05) is 42.5 Å². The number of aromatic nitrogens is 1. The second-order valence-corrected chi connectivity index (χ2v) is 7.23. The van der Waals surface area contributed by atoms with Gasteiger partial charge < -0.3 is 4.52 Å². The average molecular weight is 349 g/mol. The molecule has 5 heteroatoms. The SMILES string of the molecule is Cc1onc(-c2ccccc2)c1C(=O)NNc1ccc(C(C)(C)C)cc1. The Morgan fingerprint density at radius 1 is 1.00 bits per heavy atom. The third-order valence-electron chi connectivity index (χ3n) is 4.21. The standard InChI is InChI=1S/C21H23N3O2/c1-14-18(19(24-26-14)15-8-6-5-7-9-15)20(25)23-22-17-12-10-16(11-13-17)21(2,3)4/h5-13,22H,1-4H3,(H,23,25). The first-order valence-electron chi connectivity index (χ1n) is 8.55. The van der Waals surface area contributed by atoms with Crippen molar-refractivity contribution in [2.75, 3.05) is 5.43 Å². The van der Waals surface area contributed by atoms with Crippen molar-refractivity contribution in [2.24, 2.45) is 0 Å². The molecule has 2 aromatic carbocycles. The zero-order valence-corrected chi connectivity index (χ0v) is 15.5. The average Bonchev–Trinajstić information content (AvgIpc) is 3.02. The van der Waals surface area contributed by atoms with Gasteiger partial charge in [-0.1, -0.05) is 68.4 Å². The molecule has 1 amide bonds. The predicted octanol–water partition coefficient (Wildman–Crippen LogP) is 4.70. The minimum Gasteiger partial charge on any atom is -0.360 e. The lowest BCUT2D eigenvalue weighted by molar-refractivity contribution is 0.0961. The first-order chi connectivity index (χ1) is 12.4. The van der Waals surface area contributed by atoms with Gasteiger partial charge in [-0.3, -0.25) is 15.6 Å². The molecule has 0 bridgehead atoms. The summed E-state index contributed by atoms with van der Waals surface area (Å²) in [5, 5.41) is 4.04. The second kappa shape index (κ2) is 7.04. The van der Waals surface area contributed by atoms with Crippen LogP contribution in [-0.2, 0) is 5.41 Å². The van der Waals surface area contributed by atoms with E-state index in [0.29, 0.717) is 17.0 Å². The van der Waals surface area contributed by atoms with Gasteiger partial charge in [-0.05, 0) is 30.0 Å². The summed E-state index contributed by atoms with van der Waals surface area (Å²) >= 11 is 0. The van der Waals surface area contributed by atoms with Gasteiger partial charge in [0.25, 0.3) is 5.91 Å². The molecule has 0 aliphatic rings. The third-order valence-corrected chi connectivity index (χ3v) is 4.21. The van der Waals surface area contributed by atoms with Crippen LogP contribution in [0, 0.1) is 6.92 Å². The summed E-state index contributed by atoms with van der Waals surface area (Å²) in [7, 11) is 0. The van der Waals surface area contributed by atoms with Gasteiger partial charge in [0, 0.05) is 5.56 Å². The van der Waals surface area contributed by atoms with Crippen LogP contribution in [0.2, 0.25) is 0 Å². The van der Waals surface area contributed by atoms with Gasteiger partial charge in [-0.15, -0.1) is 0 Å². The molecule has 0 aliphatic carbocycles. The molecule has 26 heavy (non-hydrogen) atoms. The Labute approximate surface area is 153 Å². The lowest BCUT2D eigenvalue weighted by Gasteiger charge is -2.19. The largest absolute Gasteiger partial charge is 0.360 e. The van der Waals surface area contributed by atoms with Crippen LogP contribution >= 0.6 is 0 Å². The molecule has 3 aromatic rings. The van der Waals surface area contributed by atoms with Crippen molar-refractivity contribution in [2.45, 2.75) is 33.1 Å². The van der Waals surface area contributed by atoms with Crippen LogP contribution in [0.25, 0.3) is 11.3 Å². The van der Waals surface area contributed by atoms with Gasteiger partial charge in [-0.2, -0.15) is 0 Å². The summed E-state index contributed by atoms with van der Waals surface area (Å²) in [6.07, 6.45) is 0. The van der Waals surface area contributed by atoms with Crippen molar-refractivity contribution in [1.29, 1.82) is 0 Å². The summed E-state index contributed by atoms with van der Waals surface area (Å²) in [6, 6.07) is 17.5. The van der Waals surface area contributed by atoms with E-state index in [-0.39, 0.29) is 11.3 Å². The lowest BCUT2D eigenvalue weighted by atomic mass is 9.87. The molecule has 0 radical (unpaired) electrons. The topological polar surface area (TPSA) is 67.2 Å². The molecule has 1 heterocycles. The molecule has 0 saturated carbocycles. The second-order valence-electron chi connectivity index (χ2n) is 7.23. The highest BCUT2D eigenvalue weighted by Crippen LogP contribution is 2.25. The van der Waals surface area contributed by atoms with Crippen molar-refractivity contribution in [3.05, 3.63) is 71.5 Å². The minimum absolute atomic E-state index is 0.0892. The van der Waals surface area contributed by atoms with E-state index < -0.39 is 0 Å². The number of hydrogen-bond acceptors (Lipinski definition) is 4. The maximum atomic E-state index is 12.6. The number of hydrazine groups is 1. The quantitative estimate of drug-likeness (QED) is 0.670. The lowest BCUT2D eigenvalue weighted by Crippen LogP contribution is -2.30. The molecule has 0 fully saturated rings. The zero-order chi connectivity index (χ0) is 18.7. The molecule has 2 N–H and O–H groups in total. The van der Waals surface area contributed by atoms with E-state index in [2.05, 4.69) is 48.9 Å². The van der Waals surface area contributed by atoms with E-state index in [0.717, 1.165) is 11.3 Å². The highest BCUT2D eigenvalue weighted by molar-refractivity contribution is 6.01. The highest BCUT2D eigenvalue weighted by Gasteiger charge is 2.21. The van der Waals surface area contributed by atoms with Crippen LogP contribution in [0.5, 0.6) is 0 Å². The van der Waals surface area contributed by atoms with Crippen LogP contribution in [-0.4, -0.2) is 11.1 Å². The molecule has 0 spiro atoms. The van der Waals surface area contributed by atoms with E-state index in [9.17, 15) is 4.79 Å². The molecule has 0 atom stereocenters. The fourth-order valence-electron chi connectivity index (χ4n) is 2.68. The van der Waals surface area contributed by atoms with Crippen LogP contribution in [0.1, 0.15) is 42.5 Å². The van der Waals surface area contributed by atoms with Gasteiger partial charge in [0.05, 0.1) is 5.69 Å². The molecule has 0 aliphatic heterocycles. The van der Waals surface area contributed by atoms with Gasteiger partial charge in [0.15, 0.2) is 0 Å². The number of nitrogens with one attached hydrogen (secondary N) is 2. The summed E-state index contributed by atoms with van der Waals surface area (Å²) in [6.45, 7) is 8.22. The Morgan fingerprint density at radius 2 is 1.65 bits per heavy atom.